The van der Waals surface area contributed by atoms with Gasteiger partial charge in [0.25, 0.3) is 11.7 Å². The molecular weight excluding hydrogens is 406 g/mol. The Morgan fingerprint density at radius 1 is 0.938 bits per heavy atom. The molecule has 0 radical (unpaired) electrons. The van der Waals surface area contributed by atoms with Crippen LogP contribution in [0.5, 0.6) is 11.5 Å². The lowest BCUT2D eigenvalue weighted by molar-refractivity contribution is -0.132. The lowest BCUT2D eigenvalue weighted by atomic mass is 9.93. The first-order valence-electron chi connectivity index (χ1n) is 10.3. The quantitative estimate of drug-likeness (QED) is 0.374. The largest absolute Gasteiger partial charge is 0.507 e. The van der Waals surface area contributed by atoms with Crippen LogP contribution < -0.4 is 14.4 Å². The number of anilines is 1. The molecule has 1 unspecified atom stereocenters. The lowest BCUT2D eigenvalue weighted by Crippen LogP contribution is -2.29. The molecule has 0 aliphatic carbocycles. The number of amides is 1. The fourth-order valence-corrected chi connectivity index (χ4v) is 4.22. The van der Waals surface area contributed by atoms with Crippen molar-refractivity contribution in [2.45, 2.75) is 19.9 Å². The van der Waals surface area contributed by atoms with Gasteiger partial charge in [-0.25, -0.2) is 0 Å². The average molecular weight is 427 g/mol. The monoisotopic (exact) mass is 427 g/mol. The maximum Gasteiger partial charge on any atom is 0.300 e. The van der Waals surface area contributed by atoms with E-state index in [1.807, 2.05) is 62.4 Å². The number of ketones is 1. The van der Waals surface area contributed by atoms with E-state index in [4.69, 9.17) is 9.47 Å². The second-order valence-corrected chi connectivity index (χ2v) is 7.94. The number of nitrogens with zero attached hydrogens (tertiary/aromatic N) is 1. The molecule has 0 bridgehead atoms. The van der Waals surface area contributed by atoms with Crippen molar-refractivity contribution in [1.82, 2.24) is 0 Å². The fraction of sp³-hybridized carbons (Fsp3) is 0.154. The molecule has 3 aromatic rings. The van der Waals surface area contributed by atoms with Crippen molar-refractivity contribution in [3.63, 3.8) is 0 Å². The van der Waals surface area contributed by atoms with Crippen LogP contribution in [0.25, 0.3) is 5.76 Å². The summed E-state index contributed by atoms with van der Waals surface area (Å²) in [6, 6.07) is 19.2. The number of hydrogen-bond donors (Lipinski definition) is 1. The van der Waals surface area contributed by atoms with Crippen LogP contribution in [0.2, 0.25) is 0 Å². The maximum atomic E-state index is 13.3. The topological polar surface area (TPSA) is 76.1 Å². The highest BCUT2D eigenvalue weighted by Gasteiger charge is 2.47. The number of ether oxygens (including phenoxy) is 2. The normalized spacial score (nSPS) is 18.9. The van der Waals surface area contributed by atoms with Crippen molar-refractivity contribution in [2.75, 3.05) is 11.7 Å². The van der Waals surface area contributed by atoms with Gasteiger partial charge in [0.2, 0.25) is 6.79 Å². The third-order valence-corrected chi connectivity index (χ3v) is 5.84. The summed E-state index contributed by atoms with van der Waals surface area (Å²) in [7, 11) is 0. The summed E-state index contributed by atoms with van der Waals surface area (Å²) in [6.45, 7) is 3.88. The van der Waals surface area contributed by atoms with Crippen LogP contribution in [0.1, 0.15) is 28.3 Å². The second-order valence-electron chi connectivity index (χ2n) is 7.94. The van der Waals surface area contributed by atoms with Gasteiger partial charge in [-0.15, -0.1) is 0 Å². The summed E-state index contributed by atoms with van der Waals surface area (Å²) in [5, 5.41) is 11.3. The Hall–Kier alpha value is -4.06. The summed E-state index contributed by atoms with van der Waals surface area (Å²) in [5.41, 5.74) is 3.57. The van der Waals surface area contributed by atoms with E-state index in [-0.39, 0.29) is 18.1 Å². The molecule has 6 heteroatoms. The minimum absolute atomic E-state index is 0.0626. The Morgan fingerprint density at radius 3 is 2.47 bits per heavy atom. The lowest BCUT2D eigenvalue weighted by Gasteiger charge is -2.25. The number of fused-ring (bicyclic) bond motifs is 1. The highest BCUT2D eigenvalue weighted by molar-refractivity contribution is 6.51. The van der Waals surface area contributed by atoms with Gasteiger partial charge in [0.1, 0.15) is 5.76 Å². The van der Waals surface area contributed by atoms with E-state index < -0.39 is 17.7 Å². The van der Waals surface area contributed by atoms with Gasteiger partial charge in [0.15, 0.2) is 11.5 Å². The predicted molar refractivity (Wildman–Crippen MR) is 120 cm³/mol. The van der Waals surface area contributed by atoms with E-state index in [0.29, 0.717) is 22.7 Å². The van der Waals surface area contributed by atoms with Gasteiger partial charge < -0.3 is 14.6 Å². The van der Waals surface area contributed by atoms with Crippen LogP contribution >= 0.6 is 0 Å². The molecule has 0 spiro atoms. The summed E-state index contributed by atoms with van der Waals surface area (Å²) in [4.78, 5) is 27.9. The molecule has 1 atom stereocenters. The van der Waals surface area contributed by atoms with Crippen LogP contribution in [0, 0.1) is 13.8 Å². The number of carbonyl (C=O) groups is 2. The fourth-order valence-electron chi connectivity index (χ4n) is 4.22. The van der Waals surface area contributed by atoms with Crippen molar-refractivity contribution >= 4 is 23.1 Å². The maximum absolute atomic E-state index is 13.3. The molecule has 2 heterocycles. The molecule has 1 N–H and O–H groups in total. The Morgan fingerprint density at radius 2 is 1.69 bits per heavy atom. The molecule has 5 rings (SSSR count). The minimum atomic E-state index is -0.781. The van der Waals surface area contributed by atoms with Crippen molar-refractivity contribution in [3.8, 4) is 11.5 Å². The van der Waals surface area contributed by atoms with Gasteiger partial charge in [-0.1, -0.05) is 48.0 Å². The molecule has 1 fully saturated rings. The van der Waals surface area contributed by atoms with Crippen LogP contribution in [0.3, 0.4) is 0 Å². The summed E-state index contributed by atoms with van der Waals surface area (Å²) < 4.78 is 10.8. The Balaban J connectivity index is 1.73. The molecule has 3 aromatic carbocycles. The van der Waals surface area contributed by atoms with Gasteiger partial charge >= 0.3 is 0 Å². The Labute approximate surface area is 185 Å². The van der Waals surface area contributed by atoms with Crippen LogP contribution in [-0.2, 0) is 9.59 Å². The zero-order chi connectivity index (χ0) is 22.4. The molecular formula is C26H21NO5. The SMILES string of the molecule is Cc1ccc(C)c(/C(O)=C2\C(=O)C(=O)N(c3ccc4c(c3)OCO4)C2c2ccccc2)c1. The molecule has 32 heavy (non-hydrogen) atoms. The van der Waals surface area contributed by atoms with Gasteiger partial charge in [0, 0.05) is 17.3 Å². The number of aliphatic hydroxyl groups excluding tert-OH is 1. The first-order chi connectivity index (χ1) is 15.5. The number of aliphatic hydroxyl groups is 1. The smallest absolute Gasteiger partial charge is 0.300 e. The van der Waals surface area contributed by atoms with E-state index in [0.717, 1.165) is 16.7 Å². The number of Topliss-reactive ketones (excluding diaryl/α,β-unsaturated/α-hetero) is 1. The first-order valence-corrected chi connectivity index (χ1v) is 10.3. The Kier molecular flexibility index (Phi) is 4.70. The molecule has 1 saturated heterocycles. The molecule has 2 aliphatic heterocycles. The van der Waals surface area contributed by atoms with Crippen molar-refractivity contribution in [2.24, 2.45) is 0 Å². The van der Waals surface area contributed by atoms with E-state index in [1.54, 1.807) is 18.2 Å². The van der Waals surface area contributed by atoms with E-state index in [9.17, 15) is 14.7 Å². The molecule has 2 aliphatic rings. The van der Waals surface area contributed by atoms with Gasteiger partial charge in [-0.05, 0) is 43.2 Å². The number of benzene rings is 3. The van der Waals surface area contributed by atoms with Crippen LogP contribution in [0.15, 0.2) is 72.3 Å². The minimum Gasteiger partial charge on any atom is -0.507 e. The Bertz CT molecular complexity index is 1280. The van der Waals surface area contributed by atoms with E-state index in [1.165, 1.54) is 4.90 Å². The molecule has 1 amide bonds. The molecule has 0 aromatic heterocycles. The standard InChI is InChI=1S/C26H21NO5/c1-15-8-9-16(2)19(12-15)24(28)22-23(17-6-4-3-5-7-17)27(26(30)25(22)29)18-10-11-20-21(13-18)32-14-31-20/h3-13,23,28H,14H2,1-2H3/b24-22+. The van der Waals surface area contributed by atoms with Gasteiger partial charge in [-0.2, -0.15) is 0 Å². The van der Waals surface area contributed by atoms with Crippen molar-refractivity contribution in [3.05, 3.63) is 94.6 Å². The first kappa shape index (κ1) is 19.9. The van der Waals surface area contributed by atoms with Crippen LogP contribution in [0.4, 0.5) is 5.69 Å². The zero-order valence-corrected chi connectivity index (χ0v) is 17.7. The van der Waals surface area contributed by atoms with E-state index in [2.05, 4.69) is 0 Å². The summed E-state index contributed by atoms with van der Waals surface area (Å²) in [6.07, 6.45) is 0. The number of hydrogen-bond acceptors (Lipinski definition) is 5. The highest BCUT2D eigenvalue weighted by atomic mass is 16.7. The van der Waals surface area contributed by atoms with Gasteiger partial charge in [-0.3, -0.25) is 14.5 Å². The number of carbonyl (C=O) groups excluding carboxylic acids is 2. The average Bonchev–Trinajstić information content (AvgIpc) is 3.37. The number of aryl methyl sites for hydroxylation is 2. The van der Waals surface area contributed by atoms with Crippen LogP contribution in [-0.4, -0.2) is 23.6 Å². The number of rotatable bonds is 3. The zero-order valence-electron chi connectivity index (χ0n) is 17.7. The molecule has 6 nitrogen and oxygen atoms in total. The highest BCUT2D eigenvalue weighted by Crippen LogP contribution is 2.45. The van der Waals surface area contributed by atoms with E-state index >= 15 is 0 Å². The molecule has 160 valence electrons. The third-order valence-electron chi connectivity index (χ3n) is 5.84. The van der Waals surface area contributed by atoms with Gasteiger partial charge in [0.05, 0.1) is 11.6 Å². The third kappa shape index (κ3) is 3.12. The summed E-state index contributed by atoms with van der Waals surface area (Å²) >= 11 is 0. The van der Waals surface area contributed by atoms with Crippen molar-refractivity contribution in [1.29, 1.82) is 0 Å². The predicted octanol–water partition coefficient (Wildman–Crippen LogP) is 4.66. The van der Waals surface area contributed by atoms with Crippen molar-refractivity contribution < 1.29 is 24.2 Å². The second kappa shape index (κ2) is 7.57. The molecule has 0 saturated carbocycles. The summed E-state index contributed by atoms with van der Waals surface area (Å²) in [5.74, 6) is -0.524.